The lowest BCUT2D eigenvalue weighted by atomic mass is 10.2. The van der Waals surface area contributed by atoms with Crippen molar-refractivity contribution in [1.29, 1.82) is 0 Å². The van der Waals surface area contributed by atoms with Gasteiger partial charge in [-0.2, -0.15) is 5.10 Å². The van der Waals surface area contributed by atoms with Gasteiger partial charge in [0.1, 0.15) is 17.2 Å². The zero-order valence-corrected chi connectivity index (χ0v) is 12.2. The molecule has 0 radical (unpaired) electrons. The van der Waals surface area contributed by atoms with E-state index in [1.54, 1.807) is 32.4 Å². The zero-order valence-electron chi connectivity index (χ0n) is 12.2. The van der Waals surface area contributed by atoms with E-state index < -0.39 is 0 Å². The first-order valence-electron chi connectivity index (χ1n) is 6.48. The lowest BCUT2D eigenvalue weighted by Gasteiger charge is -2.05. The van der Waals surface area contributed by atoms with Gasteiger partial charge in [0, 0.05) is 17.2 Å². The topological polar surface area (TPSA) is 80.2 Å². The molecule has 1 amide bonds. The van der Waals surface area contributed by atoms with Crippen LogP contribution in [-0.4, -0.2) is 31.4 Å². The number of ether oxygens (including phenoxy) is 2. The summed E-state index contributed by atoms with van der Waals surface area (Å²) in [6.45, 7) is 0. The smallest absolute Gasteiger partial charge is 0.271 e. The van der Waals surface area contributed by atoms with E-state index in [-0.39, 0.29) is 11.7 Å². The van der Waals surface area contributed by atoms with Gasteiger partial charge in [-0.25, -0.2) is 5.43 Å². The average molecular weight is 300 g/mol. The van der Waals surface area contributed by atoms with Crippen LogP contribution in [0.5, 0.6) is 17.2 Å². The Kier molecular flexibility index (Phi) is 4.98. The van der Waals surface area contributed by atoms with Crippen molar-refractivity contribution in [3.05, 3.63) is 53.6 Å². The maximum atomic E-state index is 11.8. The van der Waals surface area contributed by atoms with Gasteiger partial charge in [0.05, 0.1) is 20.4 Å². The van der Waals surface area contributed by atoms with E-state index in [1.165, 1.54) is 30.5 Å². The number of hydrogen-bond donors (Lipinski definition) is 2. The van der Waals surface area contributed by atoms with Gasteiger partial charge < -0.3 is 14.6 Å². The van der Waals surface area contributed by atoms with Crippen LogP contribution < -0.4 is 14.9 Å². The third kappa shape index (κ3) is 3.99. The Balaban J connectivity index is 2.05. The van der Waals surface area contributed by atoms with Crippen molar-refractivity contribution in [2.24, 2.45) is 5.10 Å². The molecule has 0 unspecified atom stereocenters. The molecule has 114 valence electrons. The maximum Gasteiger partial charge on any atom is 0.271 e. The largest absolute Gasteiger partial charge is 0.508 e. The number of phenols is 1. The number of amides is 1. The lowest BCUT2D eigenvalue weighted by Crippen LogP contribution is -2.17. The number of aromatic hydroxyl groups is 1. The summed E-state index contributed by atoms with van der Waals surface area (Å²) in [6.07, 6.45) is 1.49. The van der Waals surface area contributed by atoms with Crippen LogP contribution in [-0.2, 0) is 0 Å². The van der Waals surface area contributed by atoms with E-state index in [2.05, 4.69) is 10.5 Å². The molecule has 6 nitrogen and oxygen atoms in total. The molecule has 6 heteroatoms. The highest BCUT2D eigenvalue weighted by molar-refractivity contribution is 5.95. The Labute approximate surface area is 128 Å². The number of benzene rings is 2. The van der Waals surface area contributed by atoms with Crippen LogP contribution in [0, 0.1) is 0 Å². The van der Waals surface area contributed by atoms with Gasteiger partial charge in [-0.3, -0.25) is 4.79 Å². The van der Waals surface area contributed by atoms with Crippen molar-refractivity contribution in [1.82, 2.24) is 5.43 Å². The van der Waals surface area contributed by atoms with E-state index in [1.807, 2.05) is 0 Å². The maximum absolute atomic E-state index is 11.8. The van der Waals surface area contributed by atoms with E-state index in [4.69, 9.17) is 9.47 Å². The monoisotopic (exact) mass is 300 g/mol. The summed E-state index contributed by atoms with van der Waals surface area (Å²) in [5, 5.41) is 13.1. The number of hydrogen-bond acceptors (Lipinski definition) is 5. The normalized spacial score (nSPS) is 10.5. The van der Waals surface area contributed by atoms with Crippen molar-refractivity contribution < 1.29 is 19.4 Å². The number of nitrogens with zero attached hydrogens (tertiary/aromatic N) is 1. The molecule has 2 aromatic carbocycles. The summed E-state index contributed by atoms with van der Waals surface area (Å²) in [5.41, 5.74) is 3.53. The van der Waals surface area contributed by atoms with Crippen LogP contribution in [0.15, 0.2) is 47.6 Å². The van der Waals surface area contributed by atoms with Crippen molar-refractivity contribution in [2.45, 2.75) is 0 Å². The summed E-state index contributed by atoms with van der Waals surface area (Å²) in [4.78, 5) is 11.8. The molecule has 0 saturated carbocycles. The summed E-state index contributed by atoms with van der Waals surface area (Å²) in [6, 6.07) is 11.2. The van der Waals surface area contributed by atoms with Crippen molar-refractivity contribution in [3.8, 4) is 17.2 Å². The number of carbonyl (C=O) groups excluding carboxylic acids is 1. The predicted octanol–water partition coefficient (Wildman–Crippen LogP) is 2.17. The first-order chi connectivity index (χ1) is 10.6. The second-order valence-corrected chi connectivity index (χ2v) is 4.39. The fraction of sp³-hybridized carbons (Fsp3) is 0.125. The highest BCUT2D eigenvalue weighted by Gasteiger charge is 2.04. The molecule has 0 heterocycles. The summed E-state index contributed by atoms with van der Waals surface area (Å²) in [7, 11) is 3.12. The van der Waals surface area contributed by atoms with Crippen LogP contribution in [0.1, 0.15) is 15.9 Å². The standard InChI is InChI=1S/C16H16N2O4/c1-21-14-7-11(8-15(9-14)22-2)10-17-18-16(20)12-3-5-13(19)6-4-12/h3-10,19H,1-2H3,(H,18,20)/b17-10+. The predicted molar refractivity (Wildman–Crippen MR) is 82.7 cm³/mol. The molecule has 0 aliphatic rings. The molecule has 0 aliphatic carbocycles. The van der Waals surface area contributed by atoms with E-state index in [9.17, 15) is 9.90 Å². The van der Waals surface area contributed by atoms with Crippen molar-refractivity contribution in [2.75, 3.05) is 14.2 Å². The lowest BCUT2D eigenvalue weighted by molar-refractivity contribution is 0.0955. The van der Waals surface area contributed by atoms with Crippen molar-refractivity contribution in [3.63, 3.8) is 0 Å². The molecular formula is C16H16N2O4. The molecule has 2 rings (SSSR count). The fourth-order valence-electron chi connectivity index (χ4n) is 1.75. The number of phenolic OH excluding ortho intramolecular Hbond substituents is 1. The molecule has 0 spiro atoms. The highest BCUT2D eigenvalue weighted by atomic mass is 16.5. The summed E-state index contributed by atoms with van der Waals surface area (Å²) >= 11 is 0. The van der Waals surface area contributed by atoms with E-state index in [0.29, 0.717) is 17.1 Å². The third-order valence-electron chi connectivity index (χ3n) is 2.88. The molecular weight excluding hydrogens is 284 g/mol. The van der Waals surface area contributed by atoms with Gasteiger partial charge in [0.2, 0.25) is 0 Å². The van der Waals surface area contributed by atoms with Crippen LogP contribution in [0.4, 0.5) is 0 Å². The minimum Gasteiger partial charge on any atom is -0.508 e. The Morgan fingerprint density at radius 2 is 1.68 bits per heavy atom. The Morgan fingerprint density at radius 3 is 2.23 bits per heavy atom. The minimum absolute atomic E-state index is 0.100. The van der Waals surface area contributed by atoms with E-state index in [0.717, 1.165) is 5.56 Å². The molecule has 0 bridgehead atoms. The van der Waals surface area contributed by atoms with Crippen LogP contribution in [0.25, 0.3) is 0 Å². The number of rotatable bonds is 5. The second-order valence-electron chi connectivity index (χ2n) is 4.39. The second kappa shape index (κ2) is 7.12. The van der Waals surface area contributed by atoms with Crippen LogP contribution >= 0.6 is 0 Å². The Hall–Kier alpha value is -3.02. The SMILES string of the molecule is COc1cc(/C=N/NC(=O)c2ccc(O)cc2)cc(OC)c1. The zero-order chi connectivity index (χ0) is 15.9. The number of carbonyl (C=O) groups is 1. The van der Waals surface area contributed by atoms with Gasteiger partial charge in [-0.05, 0) is 36.4 Å². The number of methoxy groups -OCH3 is 2. The average Bonchev–Trinajstić information content (AvgIpc) is 2.55. The molecule has 0 atom stereocenters. The number of hydrazone groups is 1. The van der Waals surface area contributed by atoms with Gasteiger partial charge >= 0.3 is 0 Å². The quantitative estimate of drug-likeness (QED) is 0.655. The first kappa shape index (κ1) is 15.4. The van der Waals surface area contributed by atoms with Gasteiger partial charge in [-0.15, -0.1) is 0 Å². The molecule has 0 aliphatic heterocycles. The molecule has 0 aromatic heterocycles. The molecule has 0 saturated heterocycles. The fourth-order valence-corrected chi connectivity index (χ4v) is 1.75. The third-order valence-corrected chi connectivity index (χ3v) is 2.88. The molecule has 0 fully saturated rings. The molecule has 2 aromatic rings. The molecule has 22 heavy (non-hydrogen) atoms. The highest BCUT2D eigenvalue weighted by Crippen LogP contribution is 2.21. The van der Waals surface area contributed by atoms with E-state index >= 15 is 0 Å². The summed E-state index contributed by atoms with van der Waals surface area (Å²) in [5.74, 6) is 0.992. The van der Waals surface area contributed by atoms with Gasteiger partial charge in [0.25, 0.3) is 5.91 Å². The number of nitrogens with one attached hydrogen (secondary N) is 1. The van der Waals surface area contributed by atoms with Gasteiger partial charge in [0.15, 0.2) is 0 Å². The Morgan fingerprint density at radius 1 is 1.09 bits per heavy atom. The molecule has 2 N–H and O–H groups in total. The first-order valence-corrected chi connectivity index (χ1v) is 6.48. The minimum atomic E-state index is -0.369. The summed E-state index contributed by atoms with van der Waals surface area (Å²) < 4.78 is 10.3. The van der Waals surface area contributed by atoms with Gasteiger partial charge in [-0.1, -0.05) is 0 Å². The van der Waals surface area contributed by atoms with Crippen LogP contribution in [0.2, 0.25) is 0 Å². The Bertz CT molecular complexity index is 659. The van der Waals surface area contributed by atoms with Crippen molar-refractivity contribution >= 4 is 12.1 Å². The van der Waals surface area contributed by atoms with Crippen LogP contribution in [0.3, 0.4) is 0 Å².